The molecular weight excluding hydrogens is 461 g/mol. The molecule has 4 atom stereocenters. The predicted octanol–water partition coefficient (Wildman–Crippen LogP) is 6.82. The van der Waals surface area contributed by atoms with Crippen molar-refractivity contribution in [3.05, 3.63) is 81.2 Å². The Labute approximate surface area is 201 Å². The summed E-state index contributed by atoms with van der Waals surface area (Å²) in [7, 11) is 0. The Hall–Kier alpha value is -2.19. The summed E-state index contributed by atoms with van der Waals surface area (Å²) in [6.07, 6.45) is -3.84. The van der Waals surface area contributed by atoms with Crippen LogP contribution in [0, 0.1) is 12.8 Å². The van der Waals surface area contributed by atoms with Crippen molar-refractivity contribution in [3.63, 3.8) is 0 Å². The van der Waals surface area contributed by atoms with Crippen molar-refractivity contribution >= 4 is 11.3 Å². The fraction of sp³-hybridized carbons (Fsp3) is 0.407. The van der Waals surface area contributed by atoms with Gasteiger partial charge in [0.05, 0.1) is 24.4 Å². The van der Waals surface area contributed by atoms with Crippen LogP contribution in [0.25, 0.3) is 10.4 Å². The molecule has 3 aromatic rings. The highest BCUT2D eigenvalue weighted by molar-refractivity contribution is 7.15. The van der Waals surface area contributed by atoms with Crippen LogP contribution in [0.4, 0.5) is 13.2 Å². The maximum absolute atomic E-state index is 12.9. The third kappa shape index (κ3) is 4.19. The summed E-state index contributed by atoms with van der Waals surface area (Å²) in [6, 6.07) is 13.6. The molecule has 180 valence electrons. The van der Waals surface area contributed by atoms with E-state index in [9.17, 15) is 18.3 Å². The molecule has 3 heterocycles. The second-order valence-electron chi connectivity index (χ2n) is 9.45. The van der Waals surface area contributed by atoms with Crippen LogP contribution in [0.5, 0.6) is 0 Å². The number of alkyl halides is 3. The summed E-state index contributed by atoms with van der Waals surface area (Å²) in [4.78, 5) is 2.06. The van der Waals surface area contributed by atoms with E-state index in [2.05, 4.69) is 19.1 Å². The average Bonchev–Trinajstić information content (AvgIpc) is 3.37. The zero-order chi connectivity index (χ0) is 24.3. The molecule has 1 N–H and O–H groups in total. The number of benzene rings is 2. The van der Waals surface area contributed by atoms with E-state index < -0.39 is 23.6 Å². The summed E-state index contributed by atoms with van der Waals surface area (Å²) < 4.78 is 51.1. The molecule has 3 nitrogen and oxygen atoms in total. The van der Waals surface area contributed by atoms with Crippen LogP contribution >= 0.6 is 11.3 Å². The first kappa shape index (κ1) is 23.5. The topological polar surface area (TPSA) is 38.7 Å². The number of hydrogen-bond donors (Lipinski definition) is 1. The monoisotopic (exact) mass is 488 g/mol. The maximum atomic E-state index is 12.9. The quantitative estimate of drug-likeness (QED) is 0.440. The lowest BCUT2D eigenvalue weighted by Gasteiger charge is -2.43. The number of hydrogen-bond acceptors (Lipinski definition) is 4. The van der Waals surface area contributed by atoms with Crippen molar-refractivity contribution in [3.8, 4) is 10.4 Å². The van der Waals surface area contributed by atoms with Gasteiger partial charge in [0.15, 0.2) is 5.79 Å². The molecule has 1 unspecified atom stereocenters. The van der Waals surface area contributed by atoms with Crippen LogP contribution in [0.15, 0.2) is 48.5 Å². The van der Waals surface area contributed by atoms with Crippen molar-refractivity contribution in [1.29, 1.82) is 0 Å². The molecule has 0 aliphatic carbocycles. The molecule has 1 aromatic heterocycles. The minimum atomic E-state index is -4.33. The maximum Gasteiger partial charge on any atom is 0.416 e. The minimum absolute atomic E-state index is 0.0398. The van der Waals surface area contributed by atoms with Crippen molar-refractivity contribution < 1.29 is 27.8 Å². The summed E-state index contributed by atoms with van der Waals surface area (Å²) >= 11 is 1.58. The van der Waals surface area contributed by atoms with Gasteiger partial charge >= 0.3 is 6.18 Å². The lowest BCUT2D eigenvalue weighted by Crippen LogP contribution is -2.48. The van der Waals surface area contributed by atoms with E-state index in [0.29, 0.717) is 19.4 Å². The lowest BCUT2D eigenvalue weighted by atomic mass is 9.85. The number of thiophene rings is 1. The van der Waals surface area contributed by atoms with Gasteiger partial charge in [0.25, 0.3) is 0 Å². The summed E-state index contributed by atoms with van der Waals surface area (Å²) in [5.74, 6) is -0.873. The van der Waals surface area contributed by atoms with Crippen LogP contribution < -0.4 is 0 Å². The van der Waals surface area contributed by atoms with Gasteiger partial charge in [-0.2, -0.15) is 13.2 Å². The van der Waals surface area contributed by atoms with Crippen LogP contribution in [0.3, 0.4) is 0 Å². The number of aliphatic hydroxyl groups is 1. The molecule has 0 bridgehead atoms. The van der Waals surface area contributed by atoms with E-state index in [0.717, 1.165) is 49.7 Å². The van der Waals surface area contributed by atoms with Gasteiger partial charge in [-0.25, -0.2) is 0 Å². The highest BCUT2D eigenvalue weighted by Crippen LogP contribution is 2.47. The van der Waals surface area contributed by atoms with E-state index >= 15 is 0 Å². The van der Waals surface area contributed by atoms with Crippen molar-refractivity contribution in [2.75, 3.05) is 0 Å². The third-order valence-corrected chi connectivity index (χ3v) is 8.29. The van der Waals surface area contributed by atoms with Gasteiger partial charge in [0.1, 0.15) is 0 Å². The summed E-state index contributed by atoms with van der Waals surface area (Å²) in [5, 5.41) is 10.6. The fourth-order valence-electron chi connectivity index (χ4n) is 4.88. The number of rotatable bonds is 3. The van der Waals surface area contributed by atoms with E-state index in [-0.39, 0.29) is 12.0 Å². The number of aryl methyl sites for hydroxylation is 1. The molecular formula is C27H27F3O3S. The standard InChI is InChI=1S/C27H27F3O3S/c1-15-10-20-14-32-26(13-24(31)16(2)17(3)33-26)23(20)12-19(15)11-22-8-9-25(34-22)18-4-6-21(7-5-18)27(28,29)30/h4-10,12,16-17,24,31H,11,13-14H2,1-3H3/t16?,17-,24-,26-/m1/s1. The first-order valence-electron chi connectivity index (χ1n) is 11.4. The number of halogens is 3. The van der Waals surface area contributed by atoms with Gasteiger partial charge in [-0.05, 0) is 66.4 Å². The molecule has 2 aromatic carbocycles. The number of ether oxygens (including phenoxy) is 2. The van der Waals surface area contributed by atoms with Crippen LogP contribution in [-0.4, -0.2) is 17.3 Å². The van der Waals surface area contributed by atoms with Gasteiger partial charge in [-0.15, -0.1) is 11.3 Å². The molecule has 0 saturated carbocycles. The fourth-order valence-corrected chi connectivity index (χ4v) is 5.92. The highest BCUT2D eigenvalue weighted by Gasteiger charge is 2.49. The average molecular weight is 489 g/mol. The van der Waals surface area contributed by atoms with Crippen LogP contribution in [-0.2, 0) is 34.5 Å². The van der Waals surface area contributed by atoms with Crippen LogP contribution in [0.1, 0.15) is 53.0 Å². The molecule has 5 rings (SSSR count). The van der Waals surface area contributed by atoms with Gasteiger partial charge in [0, 0.05) is 34.1 Å². The van der Waals surface area contributed by atoms with Crippen LogP contribution in [0.2, 0.25) is 0 Å². The normalized spacial score (nSPS) is 26.7. The SMILES string of the molecule is Cc1cc2c(cc1Cc1ccc(-c3ccc(C(F)(F)F)cc3)s1)[C@]1(C[C@@H](O)C(C)[C@@H](C)O1)OC2. The van der Waals surface area contributed by atoms with Gasteiger partial charge in [0.2, 0.25) is 0 Å². The van der Waals surface area contributed by atoms with Gasteiger partial charge < -0.3 is 14.6 Å². The van der Waals surface area contributed by atoms with E-state index in [1.165, 1.54) is 12.1 Å². The molecule has 34 heavy (non-hydrogen) atoms. The van der Waals surface area contributed by atoms with Crippen molar-refractivity contribution in [2.24, 2.45) is 5.92 Å². The van der Waals surface area contributed by atoms with E-state index in [1.54, 1.807) is 11.3 Å². The summed E-state index contributed by atoms with van der Waals surface area (Å²) in [6.45, 7) is 6.50. The molecule has 0 amide bonds. The zero-order valence-electron chi connectivity index (χ0n) is 19.3. The Morgan fingerprint density at radius 1 is 1.09 bits per heavy atom. The van der Waals surface area contributed by atoms with Crippen molar-refractivity contribution in [1.82, 2.24) is 0 Å². The number of aliphatic hydroxyl groups excluding tert-OH is 1. The first-order chi connectivity index (χ1) is 16.1. The Morgan fingerprint density at radius 3 is 2.50 bits per heavy atom. The Morgan fingerprint density at radius 2 is 1.82 bits per heavy atom. The Bertz CT molecular complexity index is 1190. The highest BCUT2D eigenvalue weighted by atomic mass is 32.1. The Balaban J connectivity index is 1.40. The molecule has 7 heteroatoms. The second kappa shape index (κ2) is 8.48. The first-order valence-corrected chi connectivity index (χ1v) is 12.3. The number of fused-ring (bicyclic) bond motifs is 2. The largest absolute Gasteiger partial charge is 0.416 e. The zero-order valence-corrected chi connectivity index (χ0v) is 20.1. The molecule has 1 spiro atoms. The van der Waals surface area contributed by atoms with Crippen molar-refractivity contribution in [2.45, 2.75) is 64.4 Å². The molecule has 1 fully saturated rings. The lowest BCUT2D eigenvalue weighted by molar-refractivity contribution is -0.308. The van der Waals surface area contributed by atoms with E-state index in [4.69, 9.17) is 9.47 Å². The smallest absolute Gasteiger partial charge is 0.393 e. The van der Waals surface area contributed by atoms with E-state index in [1.807, 2.05) is 26.0 Å². The second-order valence-corrected chi connectivity index (χ2v) is 10.6. The summed E-state index contributed by atoms with van der Waals surface area (Å²) in [5.41, 5.74) is 4.51. The molecule has 0 radical (unpaired) electrons. The Kier molecular flexibility index (Phi) is 5.88. The molecule has 1 saturated heterocycles. The minimum Gasteiger partial charge on any atom is -0.393 e. The van der Waals surface area contributed by atoms with Gasteiger partial charge in [-0.3, -0.25) is 0 Å². The molecule has 2 aliphatic heterocycles. The predicted molar refractivity (Wildman–Crippen MR) is 126 cm³/mol. The molecule has 2 aliphatic rings. The van der Waals surface area contributed by atoms with Gasteiger partial charge in [-0.1, -0.05) is 25.1 Å². The third-order valence-electron chi connectivity index (χ3n) is 7.16.